The third-order valence-corrected chi connectivity index (χ3v) is 4.66. The number of benzene rings is 1. The molecule has 0 aliphatic carbocycles. The summed E-state index contributed by atoms with van der Waals surface area (Å²) < 4.78 is 30.9. The molecule has 0 saturated carbocycles. The van der Waals surface area contributed by atoms with Crippen LogP contribution in [0.2, 0.25) is 0 Å². The van der Waals surface area contributed by atoms with Gasteiger partial charge in [-0.25, -0.2) is 12.7 Å². The average Bonchev–Trinajstić information content (AvgIpc) is 2.35. The van der Waals surface area contributed by atoms with Crippen molar-refractivity contribution >= 4 is 15.7 Å². The predicted molar refractivity (Wildman–Crippen MR) is 72.1 cm³/mol. The molecule has 0 fully saturated rings. The third kappa shape index (κ3) is 3.14. The minimum atomic E-state index is -3.51. The van der Waals surface area contributed by atoms with E-state index in [4.69, 9.17) is 10.5 Å². The number of methoxy groups -OCH3 is 1. The number of nitrogens with zero attached hydrogens (tertiary/aromatic N) is 1. The second-order valence-corrected chi connectivity index (χ2v) is 6.10. The van der Waals surface area contributed by atoms with Crippen molar-refractivity contribution in [1.82, 2.24) is 4.31 Å². The molecule has 0 radical (unpaired) electrons. The topological polar surface area (TPSA) is 72.6 Å². The van der Waals surface area contributed by atoms with Crippen LogP contribution in [0, 0.1) is 0 Å². The van der Waals surface area contributed by atoms with Crippen LogP contribution in [0.5, 0.6) is 5.75 Å². The first-order chi connectivity index (χ1) is 8.43. The van der Waals surface area contributed by atoms with Crippen LogP contribution in [0.1, 0.15) is 19.8 Å². The van der Waals surface area contributed by atoms with Crippen molar-refractivity contribution in [3.8, 4) is 5.75 Å². The van der Waals surface area contributed by atoms with Gasteiger partial charge in [-0.2, -0.15) is 0 Å². The Hall–Kier alpha value is -1.27. The molecule has 1 rings (SSSR count). The summed E-state index contributed by atoms with van der Waals surface area (Å²) in [5.41, 5.74) is 5.97. The predicted octanol–water partition coefficient (Wildman–Crippen LogP) is 1.70. The Kier molecular flexibility index (Phi) is 4.98. The zero-order valence-corrected chi connectivity index (χ0v) is 11.8. The van der Waals surface area contributed by atoms with Gasteiger partial charge in [0.25, 0.3) is 0 Å². The molecule has 0 spiro atoms. The van der Waals surface area contributed by atoms with Crippen molar-refractivity contribution in [2.24, 2.45) is 0 Å². The summed E-state index contributed by atoms with van der Waals surface area (Å²) in [4.78, 5) is 0.127. The molecule has 6 heteroatoms. The zero-order chi connectivity index (χ0) is 13.8. The normalized spacial score (nSPS) is 11.8. The van der Waals surface area contributed by atoms with E-state index in [9.17, 15) is 8.42 Å². The van der Waals surface area contributed by atoms with Crippen molar-refractivity contribution in [1.29, 1.82) is 0 Å². The quantitative estimate of drug-likeness (QED) is 0.800. The van der Waals surface area contributed by atoms with E-state index in [2.05, 4.69) is 0 Å². The van der Waals surface area contributed by atoms with Gasteiger partial charge in [0, 0.05) is 19.7 Å². The second kappa shape index (κ2) is 6.06. The highest BCUT2D eigenvalue weighted by Crippen LogP contribution is 2.25. The maximum Gasteiger partial charge on any atom is 0.244 e. The van der Waals surface area contributed by atoms with Crippen LogP contribution >= 0.6 is 0 Å². The molecule has 0 aromatic heterocycles. The van der Waals surface area contributed by atoms with Gasteiger partial charge in [0.2, 0.25) is 10.0 Å². The van der Waals surface area contributed by atoms with E-state index in [0.717, 1.165) is 12.8 Å². The highest BCUT2D eigenvalue weighted by Gasteiger charge is 2.22. The largest absolute Gasteiger partial charge is 0.497 e. The van der Waals surface area contributed by atoms with Crippen LogP contribution in [0.15, 0.2) is 23.1 Å². The fourth-order valence-corrected chi connectivity index (χ4v) is 2.86. The van der Waals surface area contributed by atoms with Crippen LogP contribution < -0.4 is 10.5 Å². The second-order valence-electron chi connectivity index (χ2n) is 4.08. The van der Waals surface area contributed by atoms with Crippen molar-refractivity contribution in [3.05, 3.63) is 18.2 Å². The molecule has 5 nitrogen and oxygen atoms in total. The van der Waals surface area contributed by atoms with Gasteiger partial charge >= 0.3 is 0 Å². The molecule has 1 aromatic rings. The Labute approximate surface area is 109 Å². The highest BCUT2D eigenvalue weighted by atomic mass is 32.2. The molecule has 0 unspecified atom stereocenters. The van der Waals surface area contributed by atoms with E-state index in [1.807, 2.05) is 6.92 Å². The first-order valence-electron chi connectivity index (χ1n) is 5.83. The van der Waals surface area contributed by atoms with Gasteiger partial charge in [0.05, 0.1) is 12.8 Å². The molecule has 0 atom stereocenters. The molecule has 0 bridgehead atoms. The Morgan fingerprint density at radius 3 is 2.56 bits per heavy atom. The molecule has 2 N–H and O–H groups in total. The van der Waals surface area contributed by atoms with Crippen LogP contribution in [0.4, 0.5) is 5.69 Å². The van der Waals surface area contributed by atoms with Crippen LogP contribution in [0.25, 0.3) is 0 Å². The zero-order valence-electron chi connectivity index (χ0n) is 11.0. The lowest BCUT2D eigenvalue weighted by Crippen LogP contribution is -2.28. The van der Waals surface area contributed by atoms with Gasteiger partial charge in [-0.3, -0.25) is 0 Å². The van der Waals surface area contributed by atoms with Gasteiger partial charge in [0.15, 0.2) is 0 Å². The number of hydrogen-bond acceptors (Lipinski definition) is 4. The molecule has 0 aliphatic heterocycles. The number of hydrogen-bond donors (Lipinski definition) is 1. The lowest BCUT2D eigenvalue weighted by Gasteiger charge is -2.18. The fraction of sp³-hybridized carbons (Fsp3) is 0.500. The first-order valence-corrected chi connectivity index (χ1v) is 7.27. The van der Waals surface area contributed by atoms with Gasteiger partial charge in [-0.1, -0.05) is 13.3 Å². The first kappa shape index (κ1) is 14.8. The summed E-state index contributed by atoms with van der Waals surface area (Å²) in [6, 6.07) is 4.59. The Morgan fingerprint density at radius 1 is 1.39 bits per heavy atom. The highest BCUT2D eigenvalue weighted by molar-refractivity contribution is 7.89. The standard InChI is InChI=1S/C12H20N2O3S/c1-4-5-8-14(2)18(15,16)12-7-6-10(17-3)9-11(12)13/h6-7,9H,4-5,8,13H2,1-3H3. The van der Waals surface area contributed by atoms with Crippen molar-refractivity contribution in [3.63, 3.8) is 0 Å². The summed E-state index contributed by atoms with van der Waals surface area (Å²) in [5, 5.41) is 0. The van der Waals surface area contributed by atoms with Gasteiger partial charge < -0.3 is 10.5 Å². The minimum Gasteiger partial charge on any atom is -0.497 e. The molecule has 1 aromatic carbocycles. The molecule has 0 saturated heterocycles. The summed E-state index contributed by atoms with van der Waals surface area (Å²) in [5.74, 6) is 0.544. The lowest BCUT2D eigenvalue weighted by molar-refractivity contribution is 0.414. The van der Waals surface area contributed by atoms with Crippen molar-refractivity contribution < 1.29 is 13.2 Å². The lowest BCUT2D eigenvalue weighted by atomic mass is 10.3. The van der Waals surface area contributed by atoms with Crippen molar-refractivity contribution in [2.45, 2.75) is 24.7 Å². The Morgan fingerprint density at radius 2 is 2.06 bits per heavy atom. The summed E-state index contributed by atoms with van der Waals surface area (Å²) in [6.45, 7) is 2.51. The van der Waals surface area contributed by atoms with Gasteiger partial charge in [0.1, 0.15) is 10.6 Å². The van der Waals surface area contributed by atoms with Crippen LogP contribution in [-0.4, -0.2) is 33.4 Å². The van der Waals surface area contributed by atoms with E-state index >= 15 is 0 Å². The number of nitrogen functional groups attached to an aromatic ring is 1. The SMILES string of the molecule is CCCCN(C)S(=O)(=O)c1ccc(OC)cc1N. The third-order valence-electron chi connectivity index (χ3n) is 2.73. The van der Waals surface area contributed by atoms with E-state index in [-0.39, 0.29) is 10.6 Å². The fourth-order valence-electron chi connectivity index (χ4n) is 1.56. The molecular weight excluding hydrogens is 252 g/mol. The summed E-state index contributed by atoms with van der Waals surface area (Å²) in [7, 11) is -0.440. The smallest absolute Gasteiger partial charge is 0.244 e. The van der Waals surface area contributed by atoms with E-state index in [1.165, 1.54) is 23.5 Å². The van der Waals surface area contributed by atoms with Gasteiger partial charge in [-0.05, 0) is 18.6 Å². The van der Waals surface area contributed by atoms with E-state index < -0.39 is 10.0 Å². The average molecular weight is 272 g/mol. The maximum absolute atomic E-state index is 12.3. The van der Waals surface area contributed by atoms with E-state index in [1.54, 1.807) is 13.1 Å². The summed E-state index contributed by atoms with van der Waals surface area (Å²) in [6.07, 6.45) is 1.77. The number of ether oxygens (including phenoxy) is 1. The molecule has 0 amide bonds. The van der Waals surface area contributed by atoms with Gasteiger partial charge in [-0.15, -0.1) is 0 Å². The minimum absolute atomic E-state index is 0.127. The number of rotatable bonds is 6. The summed E-state index contributed by atoms with van der Waals surface area (Å²) >= 11 is 0. The molecule has 0 aliphatic rings. The monoisotopic (exact) mass is 272 g/mol. The molecule has 0 heterocycles. The Bertz CT molecular complexity index is 500. The number of unbranched alkanes of at least 4 members (excludes halogenated alkanes) is 1. The van der Waals surface area contributed by atoms with E-state index in [0.29, 0.717) is 12.3 Å². The Balaban J connectivity index is 3.05. The molecule has 18 heavy (non-hydrogen) atoms. The van der Waals surface area contributed by atoms with Crippen LogP contribution in [-0.2, 0) is 10.0 Å². The number of sulfonamides is 1. The number of anilines is 1. The maximum atomic E-state index is 12.3. The van der Waals surface area contributed by atoms with Crippen LogP contribution in [0.3, 0.4) is 0 Å². The number of nitrogens with two attached hydrogens (primary N) is 1. The molecule has 102 valence electrons. The van der Waals surface area contributed by atoms with Crippen molar-refractivity contribution in [2.75, 3.05) is 26.4 Å². The molecular formula is C12H20N2O3S.